The van der Waals surface area contributed by atoms with Gasteiger partial charge in [-0.1, -0.05) is 138 Å². The Labute approximate surface area is 370 Å². The first-order chi connectivity index (χ1) is 29.8. The van der Waals surface area contributed by atoms with Crippen molar-refractivity contribution in [2.24, 2.45) is 0 Å². The molecule has 0 radical (unpaired) electrons. The van der Waals surface area contributed by atoms with Crippen molar-refractivity contribution in [1.29, 1.82) is 0 Å². The number of phosphoric acid groups is 1. The van der Waals surface area contributed by atoms with Gasteiger partial charge in [0.05, 0.1) is 12.7 Å². The molecule has 0 aromatic rings. The van der Waals surface area contributed by atoms with Gasteiger partial charge in [-0.2, -0.15) is 0 Å². The van der Waals surface area contributed by atoms with Crippen molar-refractivity contribution in [2.45, 2.75) is 198 Å². The van der Waals surface area contributed by atoms with E-state index in [-0.39, 0.29) is 12.8 Å². The van der Waals surface area contributed by atoms with Crippen molar-refractivity contribution in [3.8, 4) is 0 Å². The van der Waals surface area contributed by atoms with Crippen LogP contribution in [0.3, 0.4) is 0 Å². The number of aliphatic hydroxyl groups excluding tert-OH is 6. The van der Waals surface area contributed by atoms with Gasteiger partial charge in [0.15, 0.2) is 6.10 Å². The number of aliphatic hydroxyl groups is 6. The fraction of sp³-hybridized carbons (Fsp3) is 0.702. The summed E-state index contributed by atoms with van der Waals surface area (Å²) in [6.45, 7) is 3.00. The molecule has 62 heavy (non-hydrogen) atoms. The van der Waals surface area contributed by atoms with Crippen molar-refractivity contribution in [3.05, 3.63) is 72.9 Å². The lowest BCUT2D eigenvalue weighted by Gasteiger charge is -2.41. The molecule has 0 heterocycles. The van der Waals surface area contributed by atoms with Gasteiger partial charge in [-0.3, -0.25) is 18.6 Å². The van der Waals surface area contributed by atoms with Gasteiger partial charge in [0.25, 0.3) is 0 Å². The lowest BCUT2D eigenvalue weighted by Crippen LogP contribution is -2.64. The van der Waals surface area contributed by atoms with E-state index in [4.69, 9.17) is 18.5 Å². The molecule has 1 saturated carbocycles. The Morgan fingerprint density at radius 3 is 1.76 bits per heavy atom. The van der Waals surface area contributed by atoms with E-state index in [1.807, 2.05) is 49.5 Å². The van der Waals surface area contributed by atoms with Crippen LogP contribution in [0, 0.1) is 0 Å². The van der Waals surface area contributed by atoms with E-state index in [0.29, 0.717) is 25.7 Å². The van der Waals surface area contributed by atoms with Crippen LogP contribution < -0.4 is 0 Å². The molecule has 0 amide bonds. The number of unbranched alkanes of at least 4 members (excludes halogenated alkanes) is 12. The highest BCUT2D eigenvalue weighted by Gasteiger charge is 2.51. The molecule has 356 valence electrons. The molecule has 9 atom stereocenters. The molecule has 1 aliphatic rings. The maximum Gasteiger partial charge on any atom is 0.472 e. The van der Waals surface area contributed by atoms with Crippen LogP contribution in [0.15, 0.2) is 72.9 Å². The van der Waals surface area contributed by atoms with Crippen LogP contribution in [0.4, 0.5) is 0 Å². The second kappa shape index (κ2) is 36.6. The molecular weight excluding hydrogens is 819 g/mol. The van der Waals surface area contributed by atoms with Gasteiger partial charge < -0.3 is 45.0 Å². The molecule has 1 aliphatic carbocycles. The molecule has 0 aliphatic heterocycles. The van der Waals surface area contributed by atoms with E-state index < -0.39 is 81.8 Å². The van der Waals surface area contributed by atoms with Crippen molar-refractivity contribution < 1.29 is 68.2 Å². The number of phosphoric ester groups is 1. The fourth-order valence-electron chi connectivity index (χ4n) is 6.40. The highest BCUT2D eigenvalue weighted by atomic mass is 31.2. The van der Waals surface area contributed by atoms with Gasteiger partial charge >= 0.3 is 19.8 Å². The average molecular weight is 899 g/mol. The third kappa shape index (κ3) is 28.8. The molecule has 1 fully saturated rings. The Bertz CT molecular complexity index is 1380. The molecule has 4 unspecified atom stereocenters. The largest absolute Gasteiger partial charge is 0.472 e. The lowest BCUT2D eigenvalue weighted by molar-refractivity contribution is -0.220. The van der Waals surface area contributed by atoms with Crippen molar-refractivity contribution in [1.82, 2.24) is 0 Å². The smallest absolute Gasteiger partial charge is 0.462 e. The van der Waals surface area contributed by atoms with Crippen LogP contribution in [0.25, 0.3) is 0 Å². The molecule has 0 saturated heterocycles. The first-order valence-electron chi connectivity index (χ1n) is 22.8. The number of allylic oxidation sites excluding steroid dienone is 10. The van der Waals surface area contributed by atoms with Crippen LogP contribution in [0.1, 0.15) is 149 Å². The minimum Gasteiger partial charge on any atom is -0.462 e. The van der Waals surface area contributed by atoms with Crippen LogP contribution >= 0.6 is 7.82 Å². The van der Waals surface area contributed by atoms with E-state index in [2.05, 4.69) is 31.2 Å². The van der Waals surface area contributed by atoms with Gasteiger partial charge in [0, 0.05) is 12.8 Å². The summed E-state index contributed by atoms with van der Waals surface area (Å²) in [6.07, 6.45) is 28.6. The van der Waals surface area contributed by atoms with E-state index in [1.165, 1.54) is 38.5 Å². The summed E-state index contributed by atoms with van der Waals surface area (Å²) in [5.74, 6) is -1.22. The quantitative estimate of drug-likeness (QED) is 0.0105. The summed E-state index contributed by atoms with van der Waals surface area (Å²) in [5.41, 5.74) is 0. The first kappa shape index (κ1) is 57.3. The fourth-order valence-corrected chi connectivity index (χ4v) is 7.37. The highest BCUT2D eigenvalue weighted by Crippen LogP contribution is 2.47. The Morgan fingerprint density at radius 2 is 1.13 bits per heavy atom. The number of rotatable bonds is 36. The maximum absolute atomic E-state index is 12.8. The topological polar surface area (TPSA) is 230 Å². The number of hydrogen-bond donors (Lipinski definition) is 7. The van der Waals surface area contributed by atoms with Gasteiger partial charge in [-0.25, -0.2) is 4.57 Å². The van der Waals surface area contributed by atoms with Crippen LogP contribution in [0.2, 0.25) is 0 Å². The zero-order chi connectivity index (χ0) is 45.9. The van der Waals surface area contributed by atoms with Crippen molar-refractivity contribution >= 4 is 19.8 Å². The Balaban J connectivity index is 2.54. The van der Waals surface area contributed by atoms with Crippen LogP contribution in [0.5, 0.6) is 0 Å². The normalized spacial score (nSPS) is 23.0. The zero-order valence-corrected chi connectivity index (χ0v) is 38.1. The van der Waals surface area contributed by atoms with Gasteiger partial charge in [0.2, 0.25) is 0 Å². The molecule has 1 rings (SSSR count). The van der Waals surface area contributed by atoms with Crippen molar-refractivity contribution in [3.63, 3.8) is 0 Å². The summed E-state index contributed by atoms with van der Waals surface area (Å²) < 4.78 is 33.4. The second-order valence-corrected chi connectivity index (χ2v) is 17.1. The molecule has 0 aromatic heterocycles. The molecule has 15 heteroatoms. The average Bonchev–Trinajstić information content (AvgIpc) is 3.25. The summed E-state index contributed by atoms with van der Waals surface area (Å²) in [5, 5.41) is 60.0. The molecule has 0 aromatic carbocycles. The summed E-state index contributed by atoms with van der Waals surface area (Å²) in [7, 11) is -5.15. The second-order valence-electron chi connectivity index (χ2n) is 15.7. The van der Waals surface area contributed by atoms with Gasteiger partial charge in [-0.05, 0) is 70.6 Å². The van der Waals surface area contributed by atoms with E-state index in [9.17, 15) is 49.7 Å². The minimum absolute atomic E-state index is 0.0360. The molecular formula is C47H79O14P. The summed E-state index contributed by atoms with van der Waals surface area (Å²) >= 11 is 0. The molecule has 7 N–H and O–H groups in total. The lowest BCUT2D eigenvalue weighted by atomic mass is 9.85. The summed E-state index contributed by atoms with van der Waals surface area (Å²) in [4.78, 5) is 35.7. The number of carbonyl (C=O) groups excluding carboxylic acids is 2. The number of hydrogen-bond acceptors (Lipinski definition) is 13. The Morgan fingerprint density at radius 1 is 0.597 bits per heavy atom. The molecule has 0 spiro atoms. The molecule has 14 nitrogen and oxygen atoms in total. The third-order valence-corrected chi connectivity index (χ3v) is 11.1. The number of esters is 2. The summed E-state index contributed by atoms with van der Waals surface area (Å²) in [6, 6.07) is 0. The van der Waals surface area contributed by atoms with Crippen molar-refractivity contribution in [2.75, 3.05) is 13.2 Å². The standard InChI is InChI=1S/C47H79O14P/c1-3-5-7-8-9-10-11-12-13-14-15-16-17-20-23-26-30-34-40(49)58-36-39(37-59-62(56,57)61-47-45(54)43(52)42(51)44(53)46(47)55)60-41(50)35-31-27-24-21-18-19-22-25-29-33-38(48)32-28-6-4-2/h6,12-13,15-16,20,22-23,25,28-29,33,38-39,42-48,51-55H,3-5,7-11,14,17-19,21,24,26-27,30-32,34-37H2,1-2H3,(H,56,57)/b13-12-,16-15-,23-20-,25-22+,28-6+,33-29+/t38?,39-,42?,43-,44+,45-,46-,47?/m1/s1. The van der Waals surface area contributed by atoms with E-state index >= 15 is 0 Å². The first-order valence-corrected chi connectivity index (χ1v) is 24.3. The van der Waals surface area contributed by atoms with Crippen LogP contribution in [-0.2, 0) is 32.7 Å². The molecule has 0 bridgehead atoms. The highest BCUT2D eigenvalue weighted by molar-refractivity contribution is 7.47. The van der Waals surface area contributed by atoms with Gasteiger partial charge in [-0.15, -0.1) is 0 Å². The number of ether oxygens (including phenoxy) is 2. The monoisotopic (exact) mass is 899 g/mol. The Kier molecular flexibility index (Phi) is 33.8. The minimum atomic E-state index is -5.15. The van der Waals surface area contributed by atoms with E-state index in [0.717, 1.165) is 57.8 Å². The zero-order valence-electron chi connectivity index (χ0n) is 37.2. The number of carbonyl (C=O) groups is 2. The van der Waals surface area contributed by atoms with E-state index in [1.54, 1.807) is 6.08 Å². The predicted molar refractivity (Wildman–Crippen MR) is 241 cm³/mol. The van der Waals surface area contributed by atoms with Gasteiger partial charge in [0.1, 0.15) is 43.2 Å². The maximum atomic E-state index is 12.8. The third-order valence-electron chi connectivity index (χ3n) is 10.1. The predicted octanol–water partition coefficient (Wildman–Crippen LogP) is 7.69. The SMILES string of the molecule is CC/C=C/CC(O)/C=C/C=C/CCCCCCCC(=O)O[C@H](COC(=O)CCC/C=C\C/C=C\C/C=C\CCCCCCCC)COP(=O)(O)OC1[C@H](O)[C@H](O)C(O)[C@H](O)[C@H]1O. The van der Waals surface area contributed by atoms with Crippen LogP contribution in [-0.4, -0.2) is 110 Å². The Hall–Kier alpha value is -2.75.